The van der Waals surface area contributed by atoms with Crippen molar-refractivity contribution in [3.05, 3.63) is 18.1 Å². The van der Waals surface area contributed by atoms with E-state index in [4.69, 9.17) is 10.3 Å². The first-order valence-corrected chi connectivity index (χ1v) is 9.45. The van der Waals surface area contributed by atoms with Crippen molar-refractivity contribution in [2.45, 2.75) is 57.2 Å². The Morgan fingerprint density at radius 2 is 2.08 bits per heavy atom. The first-order valence-electron chi connectivity index (χ1n) is 9.45. The standard InChI is InChI=1S/C18H28N6O/c1-13-21-18(25-22-13)24-12-14-3-4-16(24)11-17(14)23-9-5-15(6-10-23)20-8-2-7-19/h2,7-8,14-17H,3-6,9-12,19H2,1H3. The molecular weight excluding hydrogens is 316 g/mol. The van der Waals surface area contributed by atoms with Crippen molar-refractivity contribution in [1.29, 1.82) is 0 Å². The molecule has 7 heteroatoms. The van der Waals surface area contributed by atoms with E-state index in [2.05, 4.69) is 24.9 Å². The molecule has 2 N–H and O–H groups in total. The van der Waals surface area contributed by atoms with Crippen LogP contribution in [0.5, 0.6) is 0 Å². The Labute approximate surface area is 149 Å². The summed E-state index contributed by atoms with van der Waals surface area (Å²) in [4.78, 5) is 14.1. The van der Waals surface area contributed by atoms with Crippen molar-refractivity contribution in [3.63, 3.8) is 0 Å². The van der Waals surface area contributed by atoms with E-state index in [1.807, 2.05) is 13.1 Å². The van der Waals surface area contributed by atoms with Crippen LogP contribution in [-0.4, -0.2) is 59.0 Å². The molecule has 3 saturated heterocycles. The lowest BCUT2D eigenvalue weighted by Crippen LogP contribution is -2.60. The predicted molar refractivity (Wildman–Crippen MR) is 97.7 cm³/mol. The van der Waals surface area contributed by atoms with E-state index in [0.717, 1.165) is 38.3 Å². The van der Waals surface area contributed by atoms with Crippen molar-refractivity contribution >= 4 is 12.2 Å². The van der Waals surface area contributed by atoms with Gasteiger partial charge in [0.25, 0.3) is 0 Å². The van der Waals surface area contributed by atoms with Gasteiger partial charge in [-0.2, -0.15) is 4.98 Å². The molecule has 0 spiro atoms. The SMILES string of the molecule is Cc1noc(N2CC3CCC2CC3N2CCC(N=CC=CN)CC2)n1. The van der Waals surface area contributed by atoms with Crippen LogP contribution in [0.25, 0.3) is 0 Å². The molecule has 1 saturated carbocycles. The van der Waals surface area contributed by atoms with E-state index >= 15 is 0 Å². The van der Waals surface area contributed by atoms with Crippen LogP contribution >= 0.6 is 0 Å². The molecule has 1 aromatic heterocycles. The highest BCUT2D eigenvalue weighted by atomic mass is 16.5. The van der Waals surface area contributed by atoms with E-state index in [-0.39, 0.29) is 0 Å². The number of anilines is 1. The molecule has 0 aromatic carbocycles. The fourth-order valence-electron chi connectivity index (χ4n) is 4.76. The maximum atomic E-state index is 5.42. The summed E-state index contributed by atoms with van der Waals surface area (Å²) < 4.78 is 5.42. The van der Waals surface area contributed by atoms with Gasteiger partial charge in [0.15, 0.2) is 5.82 Å². The van der Waals surface area contributed by atoms with Crippen LogP contribution in [0.1, 0.15) is 37.9 Å². The molecule has 136 valence electrons. The Morgan fingerprint density at radius 1 is 1.24 bits per heavy atom. The van der Waals surface area contributed by atoms with Crippen LogP contribution < -0.4 is 10.6 Å². The van der Waals surface area contributed by atoms with Crippen molar-refractivity contribution in [2.24, 2.45) is 16.6 Å². The normalized spacial score (nSPS) is 31.6. The first kappa shape index (κ1) is 16.6. The average Bonchev–Trinajstić information content (AvgIpc) is 3.09. The smallest absolute Gasteiger partial charge is 0.324 e. The summed E-state index contributed by atoms with van der Waals surface area (Å²) in [6.07, 6.45) is 11.3. The van der Waals surface area contributed by atoms with Crippen LogP contribution in [-0.2, 0) is 0 Å². The van der Waals surface area contributed by atoms with Crippen LogP contribution in [0.15, 0.2) is 21.8 Å². The molecule has 3 unspecified atom stereocenters. The van der Waals surface area contributed by atoms with Gasteiger partial charge in [-0.1, -0.05) is 5.16 Å². The van der Waals surface area contributed by atoms with Crippen LogP contribution in [0, 0.1) is 12.8 Å². The molecule has 4 fully saturated rings. The van der Waals surface area contributed by atoms with Gasteiger partial charge in [0.1, 0.15) is 0 Å². The third kappa shape index (κ3) is 3.42. The van der Waals surface area contributed by atoms with Gasteiger partial charge < -0.3 is 15.2 Å². The quantitative estimate of drug-likeness (QED) is 0.838. The van der Waals surface area contributed by atoms with Gasteiger partial charge in [0, 0.05) is 37.9 Å². The van der Waals surface area contributed by atoms with E-state index in [9.17, 15) is 0 Å². The molecule has 7 nitrogen and oxygen atoms in total. The number of aryl methyl sites for hydroxylation is 1. The minimum atomic E-state index is 0.450. The summed E-state index contributed by atoms with van der Waals surface area (Å²) in [5, 5.41) is 3.96. The lowest BCUT2D eigenvalue weighted by molar-refractivity contribution is 0.0500. The van der Waals surface area contributed by atoms with Crippen molar-refractivity contribution in [3.8, 4) is 0 Å². The lowest BCUT2D eigenvalue weighted by atomic mass is 9.75. The summed E-state index contributed by atoms with van der Waals surface area (Å²) in [7, 11) is 0. The number of allylic oxidation sites excluding steroid dienone is 1. The molecule has 3 atom stereocenters. The molecule has 4 heterocycles. The Morgan fingerprint density at radius 3 is 2.72 bits per heavy atom. The van der Waals surface area contributed by atoms with E-state index in [1.165, 1.54) is 25.5 Å². The molecular formula is C18H28N6O. The predicted octanol–water partition coefficient (Wildman–Crippen LogP) is 1.74. The summed E-state index contributed by atoms with van der Waals surface area (Å²) >= 11 is 0. The maximum absolute atomic E-state index is 5.42. The number of fused-ring (bicyclic) bond motifs is 3. The van der Waals surface area contributed by atoms with Crippen molar-refractivity contribution in [2.75, 3.05) is 24.5 Å². The summed E-state index contributed by atoms with van der Waals surface area (Å²) in [6, 6.07) is 2.41. The van der Waals surface area contributed by atoms with Gasteiger partial charge >= 0.3 is 6.01 Å². The van der Waals surface area contributed by atoms with Crippen LogP contribution in [0.2, 0.25) is 0 Å². The Balaban J connectivity index is 1.35. The van der Waals surface area contributed by atoms with Crippen molar-refractivity contribution in [1.82, 2.24) is 15.0 Å². The number of piperidine rings is 3. The molecule has 0 amide bonds. The van der Waals surface area contributed by atoms with Gasteiger partial charge in [-0.3, -0.25) is 9.89 Å². The number of aromatic nitrogens is 2. The summed E-state index contributed by atoms with van der Waals surface area (Å²) in [5.74, 6) is 1.43. The molecule has 1 aromatic rings. The maximum Gasteiger partial charge on any atom is 0.324 e. The minimum absolute atomic E-state index is 0.450. The Hall–Kier alpha value is -1.89. The Kier molecular flexibility index (Phi) is 4.74. The van der Waals surface area contributed by atoms with Crippen LogP contribution in [0.3, 0.4) is 0 Å². The average molecular weight is 344 g/mol. The van der Waals surface area contributed by atoms with Gasteiger partial charge in [-0.25, -0.2) is 0 Å². The highest BCUT2D eigenvalue weighted by Crippen LogP contribution is 2.40. The number of rotatable bonds is 4. The Bertz CT molecular complexity index is 633. The molecule has 5 rings (SSSR count). The third-order valence-electron chi connectivity index (χ3n) is 6.03. The molecule has 3 aliphatic heterocycles. The van der Waals surface area contributed by atoms with E-state index in [1.54, 1.807) is 6.08 Å². The highest BCUT2D eigenvalue weighted by molar-refractivity contribution is 5.70. The zero-order chi connectivity index (χ0) is 17.2. The largest absolute Gasteiger partial charge is 0.405 e. The molecule has 4 aliphatic rings. The minimum Gasteiger partial charge on any atom is -0.405 e. The second-order valence-electron chi connectivity index (χ2n) is 7.52. The van der Waals surface area contributed by atoms with E-state index < -0.39 is 0 Å². The topological polar surface area (TPSA) is 83.8 Å². The van der Waals surface area contributed by atoms with Gasteiger partial charge in [0.2, 0.25) is 0 Å². The highest BCUT2D eigenvalue weighted by Gasteiger charge is 2.44. The summed E-state index contributed by atoms with van der Waals surface area (Å²) in [5.41, 5.74) is 5.35. The van der Waals surface area contributed by atoms with Crippen molar-refractivity contribution < 1.29 is 4.52 Å². The number of likely N-dealkylation sites (tertiary alicyclic amines) is 1. The summed E-state index contributed by atoms with van der Waals surface area (Å²) in [6.45, 7) is 5.24. The molecule has 25 heavy (non-hydrogen) atoms. The van der Waals surface area contributed by atoms with Gasteiger partial charge in [-0.05, 0) is 57.2 Å². The number of aliphatic imine (C=N–C) groups is 1. The van der Waals surface area contributed by atoms with Gasteiger partial charge in [-0.15, -0.1) is 0 Å². The molecule has 0 radical (unpaired) electrons. The zero-order valence-electron chi connectivity index (χ0n) is 14.9. The molecule has 1 aliphatic carbocycles. The zero-order valence-corrected chi connectivity index (χ0v) is 14.9. The number of hydrogen-bond donors (Lipinski definition) is 1. The second-order valence-corrected chi connectivity index (χ2v) is 7.52. The number of nitrogens with two attached hydrogens (primary N) is 1. The van der Waals surface area contributed by atoms with Gasteiger partial charge in [0.05, 0.1) is 6.04 Å². The second kappa shape index (κ2) is 7.15. The third-order valence-corrected chi connectivity index (χ3v) is 6.03. The number of nitrogens with zero attached hydrogens (tertiary/aromatic N) is 5. The fourth-order valence-corrected chi connectivity index (χ4v) is 4.76. The number of hydrogen-bond acceptors (Lipinski definition) is 7. The first-order chi connectivity index (χ1) is 12.2. The molecule has 2 bridgehead atoms. The monoisotopic (exact) mass is 344 g/mol. The van der Waals surface area contributed by atoms with Crippen LogP contribution in [0.4, 0.5) is 6.01 Å². The lowest BCUT2D eigenvalue weighted by Gasteiger charge is -2.53. The van der Waals surface area contributed by atoms with E-state index in [0.29, 0.717) is 30.1 Å². The fraction of sp³-hybridized carbons (Fsp3) is 0.722.